The molecule has 7 nitrogen and oxygen atoms in total. The second-order valence-electron chi connectivity index (χ2n) is 5.83. The van der Waals surface area contributed by atoms with Crippen LogP contribution in [0.5, 0.6) is 0 Å². The number of imidazole rings is 1. The van der Waals surface area contributed by atoms with E-state index in [0.717, 1.165) is 23.5 Å². The van der Waals surface area contributed by atoms with Gasteiger partial charge in [0, 0.05) is 25.4 Å². The fourth-order valence-electron chi connectivity index (χ4n) is 2.59. The Morgan fingerprint density at radius 3 is 2.62 bits per heavy atom. The van der Waals surface area contributed by atoms with E-state index < -0.39 is 0 Å². The Morgan fingerprint density at radius 2 is 1.88 bits per heavy atom. The van der Waals surface area contributed by atoms with E-state index in [2.05, 4.69) is 30.6 Å². The fraction of sp³-hybridized carbons (Fsp3) is 0.263. The van der Waals surface area contributed by atoms with E-state index in [1.807, 2.05) is 37.3 Å². The van der Waals surface area contributed by atoms with Gasteiger partial charge in [0.1, 0.15) is 5.82 Å². The van der Waals surface area contributed by atoms with Crippen LogP contribution in [-0.2, 0) is 4.79 Å². The molecular formula is C19H22N6O. The highest BCUT2D eigenvalue weighted by Crippen LogP contribution is 2.20. The van der Waals surface area contributed by atoms with Gasteiger partial charge in [-0.15, -0.1) is 0 Å². The number of nitrogens with one attached hydrogen (secondary N) is 3. The number of aromatic nitrogens is 4. The third-order valence-corrected chi connectivity index (χ3v) is 3.95. The number of anilines is 1. The summed E-state index contributed by atoms with van der Waals surface area (Å²) in [6.45, 7) is 2.49. The molecule has 0 aliphatic carbocycles. The predicted molar refractivity (Wildman–Crippen MR) is 100 cm³/mol. The van der Waals surface area contributed by atoms with Gasteiger partial charge in [-0.1, -0.05) is 37.3 Å². The Hall–Kier alpha value is -3.22. The molecule has 0 bridgehead atoms. The summed E-state index contributed by atoms with van der Waals surface area (Å²) >= 11 is 0. The average Bonchev–Trinajstić information content (AvgIpc) is 3.18. The highest BCUT2D eigenvalue weighted by Gasteiger charge is 2.16. The zero-order valence-corrected chi connectivity index (χ0v) is 14.6. The molecule has 0 radical (unpaired) electrons. The number of benzene rings is 1. The molecule has 1 amide bonds. The Labute approximate surface area is 152 Å². The van der Waals surface area contributed by atoms with Crippen LogP contribution in [0.15, 0.2) is 55.0 Å². The maximum atomic E-state index is 12.2. The van der Waals surface area contributed by atoms with Crippen molar-refractivity contribution in [2.24, 2.45) is 0 Å². The molecule has 3 N–H and O–H groups in total. The van der Waals surface area contributed by atoms with Gasteiger partial charge >= 0.3 is 0 Å². The minimum absolute atomic E-state index is 0.0436. The minimum atomic E-state index is -0.145. The van der Waals surface area contributed by atoms with Crippen molar-refractivity contribution in [3.05, 3.63) is 60.8 Å². The van der Waals surface area contributed by atoms with E-state index in [0.29, 0.717) is 18.9 Å². The third kappa shape index (κ3) is 4.66. The molecule has 3 aromatic rings. The first-order valence-corrected chi connectivity index (χ1v) is 8.67. The van der Waals surface area contributed by atoms with Crippen LogP contribution in [-0.4, -0.2) is 32.4 Å². The molecule has 0 unspecified atom stereocenters. The molecule has 2 aromatic heterocycles. The average molecular weight is 350 g/mol. The van der Waals surface area contributed by atoms with Gasteiger partial charge in [-0.25, -0.2) is 15.0 Å². The maximum absolute atomic E-state index is 12.2. The number of rotatable bonds is 8. The summed E-state index contributed by atoms with van der Waals surface area (Å²) in [6.07, 6.45) is 6.20. The second-order valence-corrected chi connectivity index (χ2v) is 5.83. The zero-order valence-electron chi connectivity index (χ0n) is 14.6. The molecule has 1 atom stereocenters. The van der Waals surface area contributed by atoms with E-state index in [9.17, 15) is 4.79 Å². The minimum Gasteiger partial charge on any atom is -0.354 e. The molecule has 0 spiro atoms. The number of hydrogen-bond donors (Lipinski definition) is 3. The van der Waals surface area contributed by atoms with Crippen LogP contribution < -0.4 is 10.6 Å². The van der Waals surface area contributed by atoms with Crippen molar-refractivity contribution in [2.75, 3.05) is 11.9 Å². The summed E-state index contributed by atoms with van der Waals surface area (Å²) in [7, 11) is 0. The Balaban J connectivity index is 1.54. The monoisotopic (exact) mass is 350 g/mol. The fourth-order valence-corrected chi connectivity index (χ4v) is 2.59. The quantitative estimate of drug-likeness (QED) is 0.580. The molecule has 7 heteroatoms. The number of aromatic amines is 1. The first kappa shape index (κ1) is 17.6. The van der Waals surface area contributed by atoms with Crippen LogP contribution in [0.2, 0.25) is 0 Å². The smallest absolute Gasteiger partial charge is 0.222 e. The van der Waals surface area contributed by atoms with E-state index in [4.69, 9.17) is 0 Å². The van der Waals surface area contributed by atoms with E-state index in [1.54, 1.807) is 24.7 Å². The highest BCUT2D eigenvalue weighted by molar-refractivity contribution is 5.76. The van der Waals surface area contributed by atoms with E-state index >= 15 is 0 Å². The molecule has 0 saturated heterocycles. The molecule has 2 heterocycles. The van der Waals surface area contributed by atoms with Crippen molar-refractivity contribution < 1.29 is 4.79 Å². The van der Waals surface area contributed by atoms with Gasteiger partial charge in [0.15, 0.2) is 0 Å². The standard InChI is InChI=1S/C19H22N6O/c1-2-15(18-23-13-16(25-18)14-7-4-3-5-8-14)24-17(26)9-12-22-19-20-10-6-11-21-19/h3-8,10-11,13,15H,2,9,12H2,1H3,(H,23,25)(H,24,26)(H,20,21,22)/t15-/m1/s1. The van der Waals surface area contributed by atoms with Crippen LogP contribution in [0.4, 0.5) is 5.95 Å². The molecule has 0 aliphatic heterocycles. The summed E-state index contributed by atoms with van der Waals surface area (Å²) in [4.78, 5) is 28.1. The Morgan fingerprint density at radius 1 is 1.12 bits per heavy atom. The molecule has 3 rings (SSSR count). The van der Waals surface area contributed by atoms with Crippen molar-refractivity contribution in [3.63, 3.8) is 0 Å². The molecule has 0 saturated carbocycles. The van der Waals surface area contributed by atoms with Gasteiger partial charge in [0.25, 0.3) is 0 Å². The van der Waals surface area contributed by atoms with Crippen LogP contribution in [0.25, 0.3) is 11.3 Å². The van der Waals surface area contributed by atoms with Crippen molar-refractivity contribution in [1.82, 2.24) is 25.3 Å². The molecule has 0 fully saturated rings. The van der Waals surface area contributed by atoms with Gasteiger partial charge in [0.05, 0.1) is 17.9 Å². The first-order valence-electron chi connectivity index (χ1n) is 8.67. The van der Waals surface area contributed by atoms with Gasteiger partial charge < -0.3 is 15.6 Å². The van der Waals surface area contributed by atoms with E-state index in [-0.39, 0.29) is 11.9 Å². The largest absolute Gasteiger partial charge is 0.354 e. The van der Waals surface area contributed by atoms with Crippen molar-refractivity contribution in [1.29, 1.82) is 0 Å². The van der Waals surface area contributed by atoms with Gasteiger partial charge in [-0.05, 0) is 18.1 Å². The predicted octanol–water partition coefficient (Wildman–Crippen LogP) is 2.94. The number of amides is 1. The summed E-state index contributed by atoms with van der Waals surface area (Å²) < 4.78 is 0. The molecule has 26 heavy (non-hydrogen) atoms. The lowest BCUT2D eigenvalue weighted by Crippen LogP contribution is -2.30. The van der Waals surface area contributed by atoms with Crippen molar-refractivity contribution in [2.45, 2.75) is 25.8 Å². The topological polar surface area (TPSA) is 95.6 Å². The second kappa shape index (κ2) is 8.75. The molecule has 1 aromatic carbocycles. The molecular weight excluding hydrogens is 328 g/mol. The van der Waals surface area contributed by atoms with Crippen molar-refractivity contribution in [3.8, 4) is 11.3 Å². The number of carbonyl (C=O) groups excluding carboxylic acids is 1. The van der Waals surface area contributed by atoms with Gasteiger partial charge in [0.2, 0.25) is 11.9 Å². The summed E-state index contributed by atoms with van der Waals surface area (Å²) in [5.74, 6) is 1.24. The number of carbonyl (C=O) groups is 1. The lowest BCUT2D eigenvalue weighted by Gasteiger charge is -2.15. The maximum Gasteiger partial charge on any atom is 0.222 e. The first-order chi connectivity index (χ1) is 12.8. The van der Waals surface area contributed by atoms with E-state index in [1.165, 1.54) is 0 Å². The van der Waals surface area contributed by atoms with Crippen LogP contribution >= 0.6 is 0 Å². The summed E-state index contributed by atoms with van der Waals surface area (Å²) in [5.41, 5.74) is 2.01. The zero-order chi connectivity index (χ0) is 18.2. The lowest BCUT2D eigenvalue weighted by molar-refractivity contribution is -0.121. The Kier molecular flexibility index (Phi) is 5.92. The van der Waals surface area contributed by atoms with Crippen molar-refractivity contribution >= 4 is 11.9 Å². The summed E-state index contributed by atoms with van der Waals surface area (Å²) in [6, 6.07) is 11.6. The normalized spacial score (nSPS) is 11.7. The molecule has 0 aliphatic rings. The Bertz CT molecular complexity index is 818. The highest BCUT2D eigenvalue weighted by atomic mass is 16.1. The number of H-pyrrole nitrogens is 1. The summed E-state index contributed by atoms with van der Waals surface area (Å²) in [5, 5.41) is 6.05. The van der Waals surface area contributed by atoms with Crippen LogP contribution in [0, 0.1) is 0 Å². The molecule has 134 valence electrons. The number of nitrogens with zero attached hydrogens (tertiary/aromatic N) is 3. The number of hydrogen-bond acceptors (Lipinski definition) is 5. The van der Waals surface area contributed by atoms with Gasteiger partial charge in [-0.2, -0.15) is 0 Å². The lowest BCUT2D eigenvalue weighted by atomic mass is 10.2. The van der Waals surface area contributed by atoms with Crippen LogP contribution in [0.1, 0.15) is 31.6 Å². The van der Waals surface area contributed by atoms with Gasteiger partial charge in [-0.3, -0.25) is 4.79 Å². The SMILES string of the molecule is CC[C@@H](NC(=O)CCNc1ncccn1)c1ncc(-c2ccccc2)[nH]1. The third-order valence-electron chi connectivity index (χ3n) is 3.95. The van der Waals surface area contributed by atoms with Crippen LogP contribution in [0.3, 0.4) is 0 Å².